The fourth-order valence-electron chi connectivity index (χ4n) is 1.94. The highest BCUT2D eigenvalue weighted by Gasteiger charge is 2.24. The normalized spacial score (nSPS) is 22.4. The standard InChI is InChI=1S/C12H17FN2OS/c13-10-4-2-1-3-9(10)7-11(15-14)12-8-17-6-5-16-12/h1-4,11-12,15H,5-8,14H2. The third-order valence-electron chi connectivity index (χ3n) is 2.90. The summed E-state index contributed by atoms with van der Waals surface area (Å²) < 4.78 is 19.2. The van der Waals surface area contributed by atoms with Crippen LogP contribution in [0.5, 0.6) is 0 Å². The molecule has 2 atom stereocenters. The van der Waals surface area contributed by atoms with Gasteiger partial charge in [0.25, 0.3) is 0 Å². The van der Waals surface area contributed by atoms with Gasteiger partial charge in [0.05, 0.1) is 18.8 Å². The van der Waals surface area contributed by atoms with E-state index in [2.05, 4.69) is 5.43 Å². The Morgan fingerprint density at radius 1 is 1.53 bits per heavy atom. The fraction of sp³-hybridized carbons (Fsp3) is 0.500. The van der Waals surface area contributed by atoms with Crippen molar-refractivity contribution < 1.29 is 9.13 Å². The molecule has 0 aromatic heterocycles. The van der Waals surface area contributed by atoms with Crippen molar-refractivity contribution in [3.63, 3.8) is 0 Å². The average Bonchev–Trinajstić information content (AvgIpc) is 2.39. The molecule has 0 aliphatic carbocycles. The molecule has 0 radical (unpaired) electrons. The van der Waals surface area contributed by atoms with E-state index in [1.807, 2.05) is 17.8 Å². The highest BCUT2D eigenvalue weighted by molar-refractivity contribution is 7.99. The van der Waals surface area contributed by atoms with Gasteiger partial charge < -0.3 is 4.74 Å². The largest absolute Gasteiger partial charge is 0.375 e. The molecule has 94 valence electrons. The van der Waals surface area contributed by atoms with Gasteiger partial charge in [0.1, 0.15) is 5.82 Å². The lowest BCUT2D eigenvalue weighted by molar-refractivity contribution is 0.0470. The van der Waals surface area contributed by atoms with Crippen molar-refractivity contribution in [2.75, 3.05) is 18.1 Å². The van der Waals surface area contributed by atoms with E-state index in [0.29, 0.717) is 12.0 Å². The minimum atomic E-state index is -0.184. The number of nitrogens with two attached hydrogens (primary N) is 1. The van der Waals surface area contributed by atoms with E-state index < -0.39 is 0 Å². The summed E-state index contributed by atoms with van der Waals surface area (Å²) in [6, 6.07) is 6.74. The number of halogens is 1. The van der Waals surface area contributed by atoms with Crippen LogP contribution in [0.2, 0.25) is 0 Å². The summed E-state index contributed by atoms with van der Waals surface area (Å²) in [6.07, 6.45) is 0.604. The molecule has 0 spiro atoms. The quantitative estimate of drug-likeness (QED) is 0.630. The lowest BCUT2D eigenvalue weighted by Crippen LogP contribution is -2.49. The number of thioether (sulfide) groups is 1. The van der Waals surface area contributed by atoms with E-state index in [0.717, 1.165) is 18.1 Å². The summed E-state index contributed by atoms with van der Waals surface area (Å²) >= 11 is 1.85. The second-order valence-corrected chi connectivity index (χ2v) is 5.20. The first kappa shape index (κ1) is 12.8. The van der Waals surface area contributed by atoms with Crippen LogP contribution in [0.1, 0.15) is 5.56 Å². The predicted molar refractivity (Wildman–Crippen MR) is 68.3 cm³/mol. The first-order valence-corrected chi connectivity index (χ1v) is 6.85. The highest BCUT2D eigenvalue weighted by atomic mass is 32.2. The van der Waals surface area contributed by atoms with Crippen LogP contribution < -0.4 is 11.3 Å². The van der Waals surface area contributed by atoms with Crippen LogP contribution in [0.15, 0.2) is 24.3 Å². The summed E-state index contributed by atoms with van der Waals surface area (Å²) in [6.45, 7) is 0.741. The third kappa shape index (κ3) is 3.42. The lowest BCUT2D eigenvalue weighted by Gasteiger charge is -2.29. The Labute approximate surface area is 105 Å². The summed E-state index contributed by atoms with van der Waals surface area (Å²) in [5.74, 6) is 7.28. The van der Waals surface area contributed by atoms with Gasteiger partial charge in [-0.1, -0.05) is 18.2 Å². The van der Waals surface area contributed by atoms with Crippen molar-refractivity contribution in [3.8, 4) is 0 Å². The Bertz CT molecular complexity index is 358. The molecule has 0 bridgehead atoms. The van der Waals surface area contributed by atoms with Crippen molar-refractivity contribution in [3.05, 3.63) is 35.6 Å². The molecule has 1 aliphatic rings. The minimum absolute atomic E-state index is 0.0419. The number of hydrogen-bond acceptors (Lipinski definition) is 4. The molecule has 1 aliphatic heterocycles. The van der Waals surface area contributed by atoms with Crippen molar-refractivity contribution in [1.82, 2.24) is 5.43 Å². The maximum atomic E-state index is 13.5. The van der Waals surface area contributed by atoms with E-state index in [4.69, 9.17) is 10.6 Å². The smallest absolute Gasteiger partial charge is 0.126 e. The molecule has 1 heterocycles. The second-order valence-electron chi connectivity index (χ2n) is 4.05. The Morgan fingerprint density at radius 2 is 2.35 bits per heavy atom. The number of hydrogen-bond donors (Lipinski definition) is 2. The number of hydrazine groups is 1. The Morgan fingerprint density at radius 3 is 3.00 bits per heavy atom. The minimum Gasteiger partial charge on any atom is -0.375 e. The van der Waals surface area contributed by atoms with E-state index in [-0.39, 0.29) is 18.0 Å². The van der Waals surface area contributed by atoms with Crippen molar-refractivity contribution in [2.45, 2.75) is 18.6 Å². The maximum Gasteiger partial charge on any atom is 0.126 e. The van der Waals surface area contributed by atoms with Crippen LogP contribution >= 0.6 is 11.8 Å². The van der Waals surface area contributed by atoms with Crippen LogP contribution in [-0.4, -0.2) is 30.3 Å². The van der Waals surface area contributed by atoms with E-state index >= 15 is 0 Å². The number of benzene rings is 1. The summed E-state index contributed by atoms with van der Waals surface area (Å²) in [5.41, 5.74) is 3.42. The zero-order chi connectivity index (χ0) is 12.1. The molecule has 2 rings (SSSR count). The van der Waals surface area contributed by atoms with Crippen LogP contribution in [0, 0.1) is 5.82 Å². The fourth-order valence-corrected chi connectivity index (χ4v) is 2.88. The topological polar surface area (TPSA) is 47.3 Å². The molecule has 5 heteroatoms. The maximum absolute atomic E-state index is 13.5. The van der Waals surface area contributed by atoms with Crippen molar-refractivity contribution in [1.29, 1.82) is 0 Å². The third-order valence-corrected chi connectivity index (χ3v) is 3.92. The van der Waals surface area contributed by atoms with Gasteiger partial charge in [-0.15, -0.1) is 0 Å². The first-order chi connectivity index (χ1) is 8.31. The van der Waals surface area contributed by atoms with Crippen molar-refractivity contribution in [2.24, 2.45) is 5.84 Å². The van der Waals surface area contributed by atoms with E-state index in [1.165, 1.54) is 6.07 Å². The van der Waals surface area contributed by atoms with Gasteiger partial charge in [-0.05, 0) is 18.1 Å². The highest BCUT2D eigenvalue weighted by Crippen LogP contribution is 2.18. The number of rotatable bonds is 4. The molecule has 0 saturated carbocycles. The van der Waals surface area contributed by atoms with Gasteiger partial charge in [-0.3, -0.25) is 11.3 Å². The molecular formula is C12H17FN2OS. The molecule has 1 aromatic rings. The van der Waals surface area contributed by atoms with Crippen LogP contribution in [0.4, 0.5) is 4.39 Å². The zero-order valence-electron chi connectivity index (χ0n) is 9.56. The lowest BCUT2D eigenvalue weighted by atomic mass is 10.0. The molecule has 1 saturated heterocycles. The van der Waals surface area contributed by atoms with Gasteiger partial charge >= 0.3 is 0 Å². The van der Waals surface area contributed by atoms with Crippen LogP contribution in [-0.2, 0) is 11.2 Å². The molecule has 1 fully saturated rings. The zero-order valence-corrected chi connectivity index (χ0v) is 10.4. The number of ether oxygens (including phenoxy) is 1. The van der Waals surface area contributed by atoms with Crippen LogP contribution in [0.25, 0.3) is 0 Å². The average molecular weight is 256 g/mol. The molecular weight excluding hydrogens is 239 g/mol. The first-order valence-electron chi connectivity index (χ1n) is 5.70. The van der Waals surface area contributed by atoms with Gasteiger partial charge in [0.15, 0.2) is 0 Å². The Balaban J connectivity index is 2.01. The molecule has 3 nitrogen and oxygen atoms in total. The van der Waals surface area contributed by atoms with Gasteiger partial charge in [0.2, 0.25) is 0 Å². The Hall–Kier alpha value is -0.620. The van der Waals surface area contributed by atoms with E-state index in [1.54, 1.807) is 12.1 Å². The summed E-state index contributed by atoms with van der Waals surface area (Å²) in [4.78, 5) is 0. The summed E-state index contributed by atoms with van der Waals surface area (Å²) in [7, 11) is 0. The van der Waals surface area contributed by atoms with Gasteiger partial charge in [-0.2, -0.15) is 11.8 Å². The molecule has 3 N–H and O–H groups in total. The molecule has 17 heavy (non-hydrogen) atoms. The Kier molecular flexibility index (Phi) is 4.79. The van der Waals surface area contributed by atoms with Crippen LogP contribution in [0.3, 0.4) is 0 Å². The monoisotopic (exact) mass is 256 g/mol. The van der Waals surface area contributed by atoms with Gasteiger partial charge in [-0.25, -0.2) is 4.39 Å². The molecule has 1 aromatic carbocycles. The van der Waals surface area contributed by atoms with Gasteiger partial charge in [0, 0.05) is 11.5 Å². The van der Waals surface area contributed by atoms with Crippen molar-refractivity contribution >= 4 is 11.8 Å². The second kappa shape index (κ2) is 6.35. The SMILES string of the molecule is NNC(Cc1ccccc1F)C1CSCCO1. The molecule has 2 unspecified atom stereocenters. The summed E-state index contributed by atoms with van der Waals surface area (Å²) in [5, 5.41) is 0. The molecule has 0 amide bonds. The number of nitrogens with one attached hydrogen (secondary N) is 1. The predicted octanol–water partition coefficient (Wildman–Crippen LogP) is 1.33. The van der Waals surface area contributed by atoms with E-state index in [9.17, 15) is 4.39 Å².